The van der Waals surface area contributed by atoms with E-state index in [0.29, 0.717) is 0 Å². The quantitative estimate of drug-likeness (QED) is 0.487. The molecule has 0 aromatic rings. The molecular weight excluding hydrogens is 132 g/mol. The van der Waals surface area contributed by atoms with Crippen molar-refractivity contribution in [1.29, 1.82) is 0 Å². The van der Waals surface area contributed by atoms with Crippen LogP contribution in [0.15, 0.2) is 0 Å². The van der Waals surface area contributed by atoms with E-state index in [4.69, 9.17) is 5.11 Å². The standard InChI is InChI=1S/C6H14N2O2/c1-4(2)7-8-5(3)6(9)10/h4-5,7-8H,1-3H3,(H,9,10)/t5-/m1/s1. The molecular formula is C6H14N2O2. The Labute approximate surface area is 60.6 Å². The molecule has 3 N–H and O–H groups in total. The van der Waals surface area contributed by atoms with Gasteiger partial charge in [-0.1, -0.05) is 0 Å². The van der Waals surface area contributed by atoms with Crippen molar-refractivity contribution >= 4 is 5.97 Å². The molecule has 0 rings (SSSR count). The minimum absolute atomic E-state index is 0.252. The van der Waals surface area contributed by atoms with Crippen molar-refractivity contribution in [2.75, 3.05) is 0 Å². The summed E-state index contributed by atoms with van der Waals surface area (Å²) in [5.74, 6) is -0.854. The summed E-state index contributed by atoms with van der Waals surface area (Å²) in [7, 11) is 0. The first-order valence-corrected chi connectivity index (χ1v) is 3.28. The molecule has 0 radical (unpaired) electrons. The molecule has 0 amide bonds. The number of hydrogen-bond acceptors (Lipinski definition) is 3. The first kappa shape index (κ1) is 9.39. The largest absolute Gasteiger partial charge is 0.480 e. The van der Waals surface area contributed by atoms with Crippen LogP contribution in [-0.2, 0) is 4.79 Å². The molecule has 0 saturated heterocycles. The molecule has 0 saturated carbocycles. The van der Waals surface area contributed by atoms with Crippen LogP contribution >= 0.6 is 0 Å². The molecule has 0 heterocycles. The molecule has 0 spiro atoms. The van der Waals surface area contributed by atoms with E-state index in [1.807, 2.05) is 13.8 Å². The third kappa shape index (κ3) is 4.29. The van der Waals surface area contributed by atoms with Gasteiger partial charge in [0.2, 0.25) is 0 Å². The van der Waals surface area contributed by atoms with E-state index in [1.54, 1.807) is 6.92 Å². The fourth-order valence-electron chi connectivity index (χ4n) is 0.353. The smallest absolute Gasteiger partial charge is 0.321 e. The third-order valence-corrected chi connectivity index (χ3v) is 0.959. The highest BCUT2D eigenvalue weighted by atomic mass is 16.4. The lowest BCUT2D eigenvalue weighted by Crippen LogP contribution is -2.46. The Morgan fingerprint density at radius 1 is 1.30 bits per heavy atom. The second-order valence-corrected chi connectivity index (χ2v) is 2.50. The van der Waals surface area contributed by atoms with Crippen molar-refractivity contribution in [2.24, 2.45) is 0 Å². The van der Waals surface area contributed by atoms with Gasteiger partial charge < -0.3 is 5.11 Å². The van der Waals surface area contributed by atoms with E-state index in [9.17, 15) is 4.79 Å². The van der Waals surface area contributed by atoms with E-state index in [2.05, 4.69) is 10.9 Å². The molecule has 4 nitrogen and oxygen atoms in total. The van der Waals surface area contributed by atoms with Crippen molar-refractivity contribution in [3.05, 3.63) is 0 Å². The number of hydrogen-bond donors (Lipinski definition) is 3. The highest BCUT2D eigenvalue weighted by Crippen LogP contribution is 1.78. The lowest BCUT2D eigenvalue weighted by atomic mass is 10.4. The van der Waals surface area contributed by atoms with Crippen molar-refractivity contribution in [2.45, 2.75) is 32.9 Å². The van der Waals surface area contributed by atoms with Crippen LogP contribution < -0.4 is 10.9 Å². The number of carboxylic acid groups (broad SMARTS) is 1. The molecule has 0 aliphatic rings. The van der Waals surface area contributed by atoms with Crippen molar-refractivity contribution in [3.8, 4) is 0 Å². The van der Waals surface area contributed by atoms with Crippen LogP contribution in [0.1, 0.15) is 20.8 Å². The van der Waals surface area contributed by atoms with E-state index in [1.165, 1.54) is 0 Å². The highest BCUT2D eigenvalue weighted by Gasteiger charge is 2.08. The van der Waals surface area contributed by atoms with Gasteiger partial charge in [-0.2, -0.15) is 0 Å². The van der Waals surface area contributed by atoms with Gasteiger partial charge in [-0.15, -0.1) is 0 Å². The molecule has 10 heavy (non-hydrogen) atoms. The van der Waals surface area contributed by atoms with E-state index >= 15 is 0 Å². The van der Waals surface area contributed by atoms with Crippen LogP contribution in [0, 0.1) is 0 Å². The summed E-state index contributed by atoms with van der Waals surface area (Å²) in [6, 6.07) is -0.288. The maximum absolute atomic E-state index is 10.2. The fourth-order valence-corrected chi connectivity index (χ4v) is 0.353. The first-order chi connectivity index (χ1) is 4.54. The van der Waals surface area contributed by atoms with Gasteiger partial charge in [0.15, 0.2) is 0 Å². The van der Waals surface area contributed by atoms with Gasteiger partial charge in [0.05, 0.1) is 0 Å². The van der Waals surface area contributed by atoms with E-state index < -0.39 is 12.0 Å². The zero-order valence-electron chi connectivity index (χ0n) is 6.51. The fraction of sp³-hybridized carbons (Fsp3) is 0.833. The number of nitrogens with one attached hydrogen (secondary N) is 2. The topological polar surface area (TPSA) is 61.4 Å². The van der Waals surface area contributed by atoms with Gasteiger partial charge in [0, 0.05) is 6.04 Å². The Morgan fingerprint density at radius 2 is 1.80 bits per heavy atom. The zero-order chi connectivity index (χ0) is 8.15. The van der Waals surface area contributed by atoms with Crippen molar-refractivity contribution in [1.82, 2.24) is 10.9 Å². The monoisotopic (exact) mass is 146 g/mol. The summed E-state index contributed by atoms with van der Waals surface area (Å²) in [4.78, 5) is 10.2. The summed E-state index contributed by atoms with van der Waals surface area (Å²) in [6.07, 6.45) is 0. The molecule has 0 aliphatic heterocycles. The van der Waals surface area contributed by atoms with Gasteiger partial charge in [-0.05, 0) is 20.8 Å². The van der Waals surface area contributed by atoms with Crippen LogP contribution in [0.2, 0.25) is 0 Å². The lowest BCUT2D eigenvalue weighted by Gasteiger charge is -2.12. The highest BCUT2D eigenvalue weighted by molar-refractivity contribution is 5.72. The van der Waals surface area contributed by atoms with Gasteiger partial charge in [0.1, 0.15) is 6.04 Å². The Balaban J connectivity index is 3.40. The van der Waals surface area contributed by atoms with E-state index in [0.717, 1.165) is 0 Å². The number of aliphatic carboxylic acids is 1. The summed E-state index contributed by atoms with van der Waals surface area (Å²) in [6.45, 7) is 5.45. The molecule has 1 atom stereocenters. The van der Waals surface area contributed by atoms with Gasteiger partial charge in [0.25, 0.3) is 0 Å². The summed E-state index contributed by atoms with van der Waals surface area (Å²) in [5, 5.41) is 8.39. The predicted octanol–water partition coefficient (Wildman–Crippen LogP) is -0.0379. The van der Waals surface area contributed by atoms with Crippen LogP contribution in [0.4, 0.5) is 0 Å². The Hall–Kier alpha value is -0.610. The van der Waals surface area contributed by atoms with Crippen molar-refractivity contribution < 1.29 is 9.90 Å². The lowest BCUT2D eigenvalue weighted by molar-refractivity contribution is -0.139. The van der Waals surface area contributed by atoms with Gasteiger partial charge in [-0.25, -0.2) is 5.43 Å². The maximum atomic E-state index is 10.2. The minimum atomic E-state index is -0.854. The molecule has 4 heteroatoms. The molecule has 0 bridgehead atoms. The molecule has 0 aromatic heterocycles. The average Bonchev–Trinajstić information content (AvgIpc) is 1.82. The molecule has 0 aliphatic carbocycles. The summed E-state index contributed by atoms with van der Waals surface area (Å²) in [5.41, 5.74) is 5.43. The molecule has 0 aromatic carbocycles. The maximum Gasteiger partial charge on any atom is 0.321 e. The van der Waals surface area contributed by atoms with E-state index in [-0.39, 0.29) is 6.04 Å². The second kappa shape index (κ2) is 4.24. The summed E-state index contributed by atoms with van der Waals surface area (Å²) < 4.78 is 0. The Morgan fingerprint density at radius 3 is 2.10 bits per heavy atom. The van der Waals surface area contributed by atoms with Crippen LogP contribution in [0.25, 0.3) is 0 Å². The zero-order valence-corrected chi connectivity index (χ0v) is 6.51. The first-order valence-electron chi connectivity index (χ1n) is 3.28. The minimum Gasteiger partial charge on any atom is -0.480 e. The van der Waals surface area contributed by atoms with Gasteiger partial charge in [-0.3, -0.25) is 10.2 Å². The number of carbonyl (C=O) groups is 1. The third-order valence-electron chi connectivity index (χ3n) is 0.959. The molecule has 60 valence electrons. The predicted molar refractivity (Wildman–Crippen MR) is 38.5 cm³/mol. The van der Waals surface area contributed by atoms with Crippen LogP contribution in [-0.4, -0.2) is 23.2 Å². The number of rotatable bonds is 4. The van der Waals surface area contributed by atoms with Crippen LogP contribution in [0.3, 0.4) is 0 Å². The molecule has 0 fully saturated rings. The van der Waals surface area contributed by atoms with Gasteiger partial charge >= 0.3 is 5.97 Å². The van der Waals surface area contributed by atoms with Crippen molar-refractivity contribution in [3.63, 3.8) is 0 Å². The summed E-state index contributed by atoms with van der Waals surface area (Å²) >= 11 is 0. The number of carboxylic acids is 1. The SMILES string of the molecule is CC(C)NN[C@H](C)C(=O)O. The van der Waals surface area contributed by atoms with Crippen LogP contribution in [0.5, 0.6) is 0 Å². The Bertz CT molecular complexity index is 114. The second-order valence-electron chi connectivity index (χ2n) is 2.50. The normalized spacial score (nSPS) is 13.6. The number of hydrazine groups is 1. The molecule has 0 unspecified atom stereocenters. The Kier molecular flexibility index (Phi) is 3.99. The average molecular weight is 146 g/mol.